The zero-order chi connectivity index (χ0) is 14.6. The molecule has 1 aromatic rings. The molecule has 0 saturated carbocycles. The summed E-state index contributed by atoms with van der Waals surface area (Å²) >= 11 is 0. The molecule has 104 valence electrons. The summed E-state index contributed by atoms with van der Waals surface area (Å²) in [6, 6.07) is 1.59. The minimum Gasteiger partial charge on any atom is -0.350 e. The molecule has 0 saturated heterocycles. The molecule has 0 aliphatic rings. The van der Waals surface area contributed by atoms with Gasteiger partial charge in [-0.25, -0.2) is 0 Å². The highest BCUT2D eigenvalue weighted by Gasteiger charge is 2.17. The summed E-state index contributed by atoms with van der Waals surface area (Å²) in [5, 5.41) is 5.59. The first-order valence-corrected chi connectivity index (χ1v) is 6.27. The van der Waals surface area contributed by atoms with Crippen LogP contribution in [0, 0.1) is 0 Å². The van der Waals surface area contributed by atoms with E-state index in [1.54, 1.807) is 6.07 Å². The molecule has 5 heteroatoms. The van der Waals surface area contributed by atoms with Gasteiger partial charge in [0.15, 0.2) is 0 Å². The Kier molecular flexibility index (Phi) is 4.64. The first-order valence-electron chi connectivity index (χ1n) is 6.27. The molecule has 0 bridgehead atoms. The minimum atomic E-state index is -0.326. The number of nitrogens with one attached hydrogen (secondary N) is 2. The molecule has 19 heavy (non-hydrogen) atoms. The Morgan fingerprint density at radius 3 is 2.11 bits per heavy atom. The number of pyridine rings is 1. The van der Waals surface area contributed by atoms with E-state index >= 15 is 0 Å². The number of carbonyl (C=O) groups is 2. The van der Waals surface area contributed by atoms with Gasteiger partial charge < -0.3 is 10.6 Å². The zero-order valence-corrected chi connectivity index (χ0v) is 12.1. The molecule has 0 aliphatic carbocycles. The van der Waals surface area contributed by atoms with E-state index in [0.717, 1.165) is 0 Å². The Labute approximate surface area is 113 Å². The molecular weight excluding hydrogens is 242 g/mol. The summed E-state index contributed by atoms with van der Waals surface area (Å²) < 4.78 is 0. The normalized spacial score (nSPS) is 11.3. The number of rotatable bonds is 3. The summed E-state index contributed by atoms with van der Waals surface area (Å²) in [4.78, 5) is 27.7. The van der Waals surface area contributed by atoms with Crippen LogP contribution < -0.4 is 10.6 Å². The van der Waals surface area contributed by atoms with Crippen molar-refractivity contribution in [3.05, 3.63) is 29.6 Å². The van der Waals surface area contributed by atoms with E-state index in [0.29, 0.717) is 11.1 Å². The van der Waals surface area contributed by atoms with Crippen LogP contribution in [0.3, 0.4) is 0 Å². The second-order valence-corrected chi connectivity index (χ2v) is 5.79. The topological polar surface area (TPSA) is 71.1 Å². The van der Waals surface area contributed by atoms with Gasteiger partial charge in [-0.3, -0.25) is 14.6 Å². The zero-order valence-electron chi connectivity index (χ0n) is 12.1. The molecule has 1 heterocycles. The monoisotopic (exact) mass is 263 g/mol. The third kappa shape index (κ3) is 5.07. The highest BCUT2D eigenvalue weighted by molar-refractivity contribution is 5.99. The van der Waals surface area contributed by atoms with Crippen LogP contribution in [0.2, 0.25) is 0 Å². The number of hydrogen-bond acceptors (Lipinski definition) is 3. The van der Waals surface area contributed by atoms with Crippen molar-refractivity contribution in [2.24, 2.45) is 0 Å². The lowest BCUT2D eigenvalue weighted by molar-refractivity contribution is 0.0919. The molecule has 0 aromatic carbocycles. The van der Waals surface area contributed by atoms with Crippen molar-refractivity contribution in [3.8, 4) is 0 Å². The van der Waals surface area contributed by atoms with Crippen molar-refractivity contribution in [1.82, 2.24) is 15.6 Å². The van der Waals surface area contributed by atoms with E-state index in [1.165, 1.54) is 12.4 Å². The van der Waals surface area contributed by atoms with Gasteiger partial charge in [0.05, 0.1) is 11.1 Å². The second-order valence-electron chi connectivity index (χ2n) is 5.79. The van der Waals surface area contributed by atoms with Crippen LogP contribution in [0.25, 0.3) is 0 Å². The van der Waals surface area contributed by atoms with Crippen molar-refractivity contribution in [1.29, 1.82) is 0 Å². The van der Waals surface area contributed by atoms with Crippen LogP contribution in [0.1, 0.15) is 55.3 Å². The predicted molar refractivity (Wildman–Crippen MR) is 74.1 cm³/mol. The number of aromatic nitrogens is 1. The Balaban J connectivity index is 2.88. The predicted octanol–water partition coefficient (Wildman–Crippen LogP) is 1.75. The maximum absolute atomic E-state index is 12.0. The molecule has 0 unspecified atom stereocenters. The van der Waals surface area contributed by atoms with E-state index < -0.39 is 0 Å². The van der Waals surface area contributed by atoms with Gasteiger partial charge in [0.25, 0.3) is 11.8 Å². The van der Waals surface area contributed by atoms with Gasteiger partial charge in [-0.1, -0.05) is 0 Å². The number of nitrogens with zero attached hydrogens (tertiary/aromatic N) is 1. The summed E-state index contributed by atoms with van der Waals surface area (Å²) in [5.74, 6) is -0.466. The average Bonchev–Trinajstić information content (AvgIpc) is 2.26. The summed E-state index contributed by atoms with van der Waals surface area (Å²) in [6.45, 7) is 9.44. The Morgan fingerprint density at radius 2 is 1.63 bits per heavy atom. The van der Waals surface area contributed by atoms with Gasteiger partial charge in [0.1, 0.15) is 0 Å². The lowest BCUT2D eigenvalue weighted by Gasteiger charge is -2.20. The largest absolute Gasteiger partial charge is 0.350 e. The molecule has 1 rings (SSSR count). The molecule has 1 aromatic heterocycles. The van der Waals surface area contributed by atoms with Gasteiger partial charge in [0.2, 0.25) is 0 Å². The van der Waals surface area contributed by atoms with E-state index in [1.807, 2.05) is 34.6 Å². The fourth-order valence-corrected chi connectivity index (χ4v) is 1.45. The third-order valence-electron chi connectivity index (χ3n) is 2.17. The van der Waals surface area contributed by atoms with Crippen molar-refractivity contribution >= 4 is 11.8 Å². The third-order valence-corrected chi connectivity index (χ3v) is 2.17. The highest BCUT2D eigenvalue weighted by Crippen LogP contribution is 2.06. The lowest BCUT2D eigenvalue weighted by atomic mass is 10.1. The first-order chi connectivity index (χ1) is 8.69. The average molecular weight is 263 g/mol. The lowest BCUT2D eigenvalue weighted by Crippen LogP contribution is -2.40. The Bertz CT molecular complexity index is 476. The molecule has 0 spiro atoms. The number of hydrogen-bond donors (Lipinski definition) is 2. The van der Waals surface area contributed by atoms with Crippen LogP contribution in [0.4, 0.5) is 0 Å². The second kappa shape index (κ2) is 5.82. The van der Waals surface area contributed by atoms with Crippen LogP contribution in [-0.2, 0) is 0 Å². The number of amides is 2. The molecule has 0 atom stereocenters. The van der Waals surface area contributed by atoms with Crippen molar-refractivity contribution in [2.45, 2.75) is 46.2 Å². The van der Waals surface area contributed by atoms with Crippen LogP contribution >= 0.6 is 0 Å². The molecule has 0 fully saturated rings. The van der Waals surface area contributed by atoms with E-state index in [2.05, 4.69) is 15.6 Å². The van der Waals surface area contributed by atoms with Gasteiger partial charge in [-0.05, 0) is 40.7 Å². The van der Waals surface area contributed by atoms with Crippen molar-refractivity contribution in [3.63, 3.8) is 0 Å². The highest BCUT2D eigenvalue weighted by atomic mass is 16.2. The van der Waals surface area contributed by atoms with Gasteiger partial charge in [-0.15, -0.1) is 0 Å². The van der Waals surface area contributed by atoms with Crippen LogP contribution in [-0.4, -0.2) is 28.4 Å². The maximum atomic E-state index is 12.0. The molecular formula is C14H21N3O2. The fourth-order valence-electron chi connectivity index (χ4n) is 1.45. The first kappa shape index (κ1) is 15.1. The molecule has 0 aliphatic heterocycles. The Hall–Kier alpha value is -1.91. The van der Waals surface area contributed by atoms with Crippen molar-refractivity contribution in [2.75, 3.05) is 0 Å². The van der Waals surface area contributed by atoms with Crippen molar-refractivity contribution < 1.29 is 9.59 Å². The van der Waals surface area contributed by atoms with Crippen LogP contribution in [0.15, 0.2) is 18.5 Å². The van der Waals surface area contributed by atoms with Crippen LogP contribution in [0.5, 0.6) is 0 Å². The van der Waals surface area contributed by atoms with Gasteiger partial charge >= 0.3 is 0 Å². The summed E-state index contributed by atoms with van der Waals surface area (Å²) in [5.41, 5.74) is 0.439. The standard InChI is InChI=1S/C14H21N3O2/c1-9(2)16-12(18)10-6-11(8-15-7-10)13(19)17-14(3,4)5/h6-9H,1-5H3,(H,16,18)(H,17,19). The van der Waals surface area contributed by atoms with E-state index in [-0.39, 0.29) is 23.4 Å². The summed E-state index contributed by atoms with van der Waals surface area (Å²) in [6.07, 6.45) is 2.90. The van der Waals surface area contributed by atoms with Gasteiger partial charge in [0, 0.05) is 24.0 Å². The quantitative estimate of drug-likeness (QED) is 0.872. The molecule has 2 amide bonds. The van der Waals surface area contributed by atoms with Gasteiger partial charge in [-0.2, -0.15) is 0 Å². The molecule has 5 nitrogen and oxygen atoms in total. The SMILES string of the molecule is CC(C)NC(=O)c1cncc(C(=O)NC(C)(C)C)c1. The fraction of sp³-hybridized carbons (Fsp3) is 0.500. The molecule has 0 radical (unpaired) electrons. The van der Waals surface area contributed by atoms with E-state index in [4.69, 9.17) is 0 Å². The Morgan fingerprint density at radius 1 is 1.11 bits per heavy atom. The smallest absolute Gasteiger partial charge is 0.253 e. The minimum absolute atomic E-state index is 0.0413. The summed E-state index contributed by atoms with van der Waals surface area (Å²) in [7, 11) is 0. The maximum Gasteiger partial charge on any atom is 0.253 e. The van der Waals surface area contributed by atoms with E-state index in [9.17, 15) is 9.59 Å². The number of carbonyl (C=O) groups excluding carboxylic acids is 2. The molecule has 2 N–H and O–H groups in total.